The highest BCUT2D eigenvalue weighted by atomic mass is 32.1. The van der Waals surface area contributed by atoms with Gasteiger partial charge in [0.2, 0.25) is 0 Å². The molecule has 1 aromatic heterocycles. The molecule has 0 aliphatic carbocycles. The zero-order valence-corrected chi connectivity index (χ0v) is 15.5. The van der Waals surface area contributed by atoms with E-state index in [0.717, 1.165) is 40.5 Å². The van der Waals surface area contributed by atoms with E-state index in [1.54, 1.807) is 7.11 Å². The highest BCUT2D eigenvalue weighted by molar-refractivity contribution is 7.09. The lowest BCUT2D eigenvalue weighted by molar-refractivity contribution is 0.137. The molecule has 2 aromatic rings. The Kier molecular flexibility index (Phi) is 5.41. The van der Waals surface area contributed by atoms with Crippen molar-refractivity contribution >= 4 is 11.3 Å². The summed E-state index contributed by atoms with van der Waals surface area (Å²) in [5.74, 6) is 0.875. The van der Waals surface area contributed by atoms with Gasteiger partial charge in [-0.05, 0) is 62.1 Å². The molecular formula is C19H26N2O2S. The van der Waals surface area contributed by atoms with Gasteiger partial charge in [-0.15, -0.1) is 0 Å². The molecule has 0 radical (unpaired) electrons. The normalized spacial score (nSPS) is 18.7. The predicted octanol–water partition coefficient (Wildman–Crippen LogP) is 4.18. The summed E-state index contributed by atoms with van der Waals surface area (Å²) < 4.78 is 5.34. The summed E-state index contributed by atoms with van der Waals surface area (Å²) in [5, 5.41) is 0. The number of nitrogens with zero attached hydrogens (tertiary/aromatic N) is 1. The van der Waals surface area contributed by atoms with Crippen LogP contribution in [0.2, 0.25) is 0 Å². The van der Waals surface area contributed by atoms with E-state index >= 15 is 0 Å². The van der Waals surface area contributed by atoms with Crippen molar-refractivity contribution in [3.63, 3.8) is 0 Å². The first kappa shape index (κ1) is 17.2. The average molecular weight is 346 g/mol. The van der Waals surface area contributed by atoms with Crippen LogP contribution in [0.4, 0.5) is 0 Å². The highest BCUT2D eigenvalue weighted by Crippen LogP contribution is 2.30. The number of aryl methyl sites for hydroxylation is 1. The first-order chi connectivity index (χ1) is 11.6. The zero-order valence-electron chi connectivity index (χ0n) is 14.7. The predicted molar refractivity (Wildman–Crippen MR) is 100 cm³/mol. The van der Waals surface area contributed by atoms with Crippen molar-refractivity contribution in [3.05, 3.63) is 38.3 Å². The summed E-state index contributed by atoms with van der Waals surface area (Å²) in [4.78, 5) is 18.8. The Labute approximate surface area is 147 Å². The Hall–Kier alpha value is -1.59. The Bertz CT molecular complexity index is 750. The van der Waals surface area contributed by atoms with E-state index < -0.39 is 0 Å². The fourth-order valence-electron chi connectivity index (χ4n) is 3.65. The molecule has 1 aliphatic rings. The van der Waals surface area contributed by atoms with Crippen LogP contribution in [0.3, 0.4) is 0 Å². The van der Waals surface area contributed by atoms with E-state index in [4.69, 9.17) is 4.74 Å². The second kappa shape index (κ2) is 7.53. The second-order valence-electron chi connectivity index (χ2n) is 6.53. The Balaban J connectivity index is 1.90. The third-order valence-electron chi connectivity index (χ3n) is 4.97. The number of aromatic amines is 1. The lowest BCUT2D eigenvalue weighted by Crippen LogP contribution is -2.38. The molecule has 130 valence electrons. The van der Waals surface area contributed by atoms with Crippen LogP contribution < -0.4 is 9.61 Å². The smallest absolute Gasteiger partial charge is 0.305 e. The topological polar surface area (TPSA) is 45.3 Å². The van der Waals surface area contributed by atoms with Crippen molar-refractivity contribution in [2.24, 2.45) is 0 Å². The molecule has 0 spiro atoms. The number of likely N-dealkylation sites (tertiary alicyclic amines) is 1. The fraction of sp³-hybridized carbons (Fsp3) is 0.526. The number of thiazole rings is 1. The number of benzene rings is 1. The minimum Gasteiger partial charge on any atom is -0.496 e. The van der Waals surface area contributed by atoms with Gasteiger partial charge >= 0.3 is 4.87 Å². The average Bonchev–Trinajstić information content (AvgIpc) is 2.95. The maximum atomic E-state index is 12.0. The van der Waals surface area contributed by atoms with Crippen molar-refractivity contribution < 1.29 is 4.74 Å². The largest absolute Gasteiger partial charge is 0.496 e. The molecule has 1 N–H and O–H groups in total. The van der Waals surface area contributed by atoms with Crippen LogP contribution in [-0.2, 0) is 6.54 Å². The summed E-state index contributed by atoms with van der Waals surface area (Å²) in [6.07, 6.45) is 5.03. The molecule has 0 amide bonds. The first-order valence-corrected chi connectivity index (χ1v) is 9.55. The van der Waals surface area contributed by atoms with E-state index in [1.165, 1.54) is 37.0 Å². The number of methoxy groups -OCH3 is 1. The van der Waals surface area contributed by atoms with Crippen LogP contribution in [0.5, 0.6) is 5.75 Å². The van der Waals surface area contributed by atoms with Gasteiger partial charge in [0, 0.05) is 17.5 Å². The SMILES string of the molecule is CCC1CCCCN1Cc1sc(=O)[nH]c1-c1ccc(OC)c(C)c1. The minimum absolute atomic E-state index is 0.0264. The number of ether oxygens (including phenoxy) is 1. The summed E-state index contributed by atoms with van der Waals surface area (Å²) in [6, 6.07) is 6.73. The van der Waals surface area contributed by atoms with Gasteiger partial charge < -0.3 is 9.72 Å². The van der Waals surface area contributed by atoms with Crippen molar-refractivity contribution in [1.29, 1.82) is 0 Å². The quantitative estimate of drug-likeness (QED) is 0.883. The van der Waals surface area contributed by atoms with Crippen molar-refractivity contribution in [3.8, 4) is 17.0 Å². The molecule has 1 saturated heterocycles. The molecule has 5 heteroatoms. The van der Waals surface area contributed by atoms with Crippen LogP contribution in [0.1, 0.15) is 43.0 Å². The van der Waals surface area contributed by atoms with Crippen LogP contribution in [-0.4, -0.2) is 29.6 Å². The van der Waals surface area contributed by atoms with Crippen LogP contribution >= 0.6 is 11.3 Å². The van der Waals surface area contributed by atoms with E-state index in [1.807, 2.05) is 19.1 Å². The van der Waals surface area contributed by atoms with Crippen molar-refractivity contribution in [2.45, 2.75) is 52.1 Å². The van der Waals surface area contributed by atoms with Crippen molar-refractivity contribution in [1.82, 2.24) is 9.88 Å². The minimum atomic E-state index is 0.0264. The zero-order chi connectivity index (χ0) is 17.1. The van der Waals surface area contributed by atoms with Gasteiger partial charge in [-0.25, -0.2) is 0 Å². The van der Waals surface area contributed by atoms with Crippen LogP contribution in [0.25, 0.3) is 11.3 Å². The Morgan fingerprint density at radius 2 is 2.21 bits per heavy atom. The van der Waals surface area contributed by atoms with E-state index in [-0.39, 0.29) is 4.87 Å². The molecule has 1 atom stereocenters. The number of H-pyrrole nitrogens is 1. The van der Waals surface area contributed by atoms with Gasteiger partial charge in [0.05, 0.1) is 12.8 Å². The van der Waals surface area contributed by atoms with Crippen molar-refractivity contribution in [2.75, 3.05) is 13.7 Å². The summed E-state index contributed by atoms with van der Waals surface area (Å²) in [5.41, 5.74) is 3.11. The van der Waals surface area contributed by atoms with Gasteiger partial charge in [-0.3, -0.25) is 9.69 Å². The maximum Gasteiger partial charge on any atom is 0.305 e. The summed E-state index contributed by atoms with van der Waals surface area (Å²) >= 11 is 1.35. The third kappa shape index (κ3) is 3.57. The van der Waals surface area contributed by atoms with E-state index in [0.29, 0.717) is 6.04 Å². The van der Waals surface area contributed by atoms with Gasteiger partial charge in [0.25, 0.3) is 0 Å². The lowest BCUT2D eigenvalue weighted by Gasteiger charge is -2.35. The summed E-state index contributed by atoms with van der Waals surface area (Å²) in [6.45, 7) is 6.29. The monoisotopic (exact) mass is 346 g/mol. The van der Waals surface area contributed by atoms with E-state index in [9.17, 15) is 4.79 Å². The van der Waals surface area contributed by atoms with Crippen LogP contribution in [0, 0.1) is 6.92 Å². The molecule has 1 unspecified atom stereocenters. The number of rotatable bonds is 5. The molecule has 24 heavy (non-hydrogen) atoms. The first-order valence-electron chi connectivity index (χ1n) is 8.73. The summed E-state index contributed by atoms with van der Waals surface area (Å²) in [7, 11) is 1.68. The number of hydrogen-bond donors (Lipinski definition) is 1. The number of nitrogens with one attached hydrogen (secondary N) is 1. The molecule has 1 fully saturated rings. The number of hydrogen-bond acceptors (Lipinski definition) is 4. The standard InChI is InChI=1S/C19H26N2O2S/c1-4-15-7-5-6-10-21(15)12-17-18(20-19(22)24-17)14-8-9-16(23-3)13(2)11-14/h8-9,11,15H,4-7,10,12H2,1-3H3,(H,20,22). The molecule has 0 bridgehead atoms. The number of aromatic nitrogens is 1. The van der Waals surface area contributed by atoms with Crippen LogP contribution in [0.15, 0.2) is 23.0 Å². The number of piperidine rings is 1. The maximum absolute atomic E-state index is 12.0. The van der Waals surface area contributed by atoms with E-state index in [2.05, 4.69) is 22.9 Å². The molecular weight excluding hydrogens is 320 g/mol. The molecule has 1 aliphatic heterocycles. The molecule has 3 rings (SSSR count). The van der Waals surface area contributed by atoms with Gasteiger partial charge in [-0.1, -0.05) is 24.7 Å². The Morgan fingerprint density at radius 3 is 2.92 bits per heavy atom. The lowest BCUT2D eigenvalue weighted by atomic mass is 9.99. The molecule has 4 nitrogen and oxygen atoms in total. The fourth-order valence-corrected chi connectivity index (χ4v) is 4.53. The molecule has 0 saturated carbocycles. The Morgan fingerprint density at radius 1 is 1.38 bits per heavy atom. The molecule has 2 heterocycles. The molecule has 1 aromatic carbocycles. The van der Waals surface area contributed by atoms with Gasteiger partial charge in [0.1, 0.15) is 5.75 Å². The highest BCUT2D eigenvalue weighted by Gasteiger charge is 2.23. The van der Waals surface area contributed by atoms with Gasteiger partial charge in [0.15, 0.2) is 0 Å². The third-order valence-corrected chi connectivity index (χ3v) is 5.84. The van der Waals surface area contributed by atoms with Gasteiger partial charge in [-0.2, -0.15) is 0 Å². The second-order valence-corrected chi connectivity index (χ2v) is 7.59.